The quantitative estimate of drug-likeness (QED) is 0.826. The van der Waals surface area contributed by atoms with Crippen molar-refractivity contribution >= 4 is 51.1 Å². The molecule has 2 N–H and O–H groups in total. The van der Waals surface area contributed by atoms with Gasteiger partial charge in [0.1, 0.15) is 0 Å². The van der Waals surface area contributed by atoms with Gasteiger partial charge in [-0.1, -0.05) is 22.0 Å². The van der Waals surface area contributed by atoms with Gasteiger partial charge in [0, 0.05) is 20.7 Å². The van der Waals surface area contributed by atoms with Crippen LogP contribution in [0.25, 0.3) is 0 Å². The summed E-state index contributed by atoms with van der Waals surface area (Å²) in [6, 6.07) is 7.51. The largest absolute Gasteiger partial charge is 0.341 e. The van der Waals surface area contributed by atoms with Crippen molar-refractivity contribution in [3.63, 3.8) is 0 Å². The molecule has 2 aromatic rings. The molecule has 1 aromatic carbocycles. The Morgan fingerprint density at radius 2 is 2.33 bits per heavy atom. The summed E-state index contributed by atoms with van der Waals surface area (Å²) in [5, 5.41) is 2.86. The van der Waals surface area contributed by atoms with Gasteiger partial charge in [0.25, 0.3) is 0 Å². The molecule has 0 bridgehead atoms. The van der Waals surface area contributed by atoms with E-state index in [9.17, 15) is 4.79 Å². The molecule has 18 heavy (non-hydrogen) atoms. The predicted octanol–water partition coefficient (Wildman–Crippen LogP) is 4.06. The summed E-state index contributed by atoms with van der Waals surface area (Å²) in [7, 11) is 0. The van der Waals surface area contributed by atoms with E-state index in [-0.39, 0.29) is 5.91 Å². The predicted molar refractivity (Wildman–Crippen MR) is 80.7 cm³/mol. The fraction of sp³-hybridized carbons (Fsp3) is 0.167. The van der Waals surface area contributed by atoms with Crippen LogP contribution in [0, 0.1) is 10.9 Å². The Kier molecular flexibility index (Phi) is 4.31. The highest BCUT2D eigenvalue weighted by Crippen LogP contribution is 2.18. The first kappa shape index (κ1) is 13.5. The molecule has 0 aliphatic rings. The highest BCUT2D eigenvalue weighted by molar-refractivity contribution is 9.10. The van der Waals surface area contributed by atoms with E-state index in [0.29, 0.717) is 10.4 Å². The summed E-state index contributed by atoms with van der Waals surface area (Å²) in [5.74, 6) is -0.0403. The third-order valence-corrected chi connectivity index (χ3v) is 4.18. The fourth-order valence-electron chi connectivity index (χ4n) is 1.52. The molecule has 0 atom stereocenters. The lowest BCUT2D eigenvalue weighted by molar-refractivity contribution is -0.115. The van der Waals surface area contributed by atoms with E-state index in [1.807, 2.05) is 31.2 Å². The molecule has 0 aliphatic heterocycles. The highest BCUT2D eigenvalue weighted by Gasteiger charge is 2.09. The third kappa shape index (κ3) is 3.51. The molecule has 0 unspecified atom stereocenters. The van der Waals surface area contributed by atoms with E-state index >= 15 is 0 Å². The molecule has 1 amide bonds. The van der Waals surface area contributed by atoms with Crippen LogP contribution >= 0.6 is 39.5 Å². The summed E-state index contributed by atoms with van der Waals surface area (Å²) < 4.78 is 1.64. The number of nitrogens with one attached hydrogen (secondary N) is 2. The normalized spacial score (nSPS) is 10.3. The number of carbonyl (C=O) groups is 1. The number of benzene rings is 1. The summed E-state index contributed by atoms with van der Waals surface area (Å²) in [6.45, 7) is 1.92. The molecule has 1 aromatic heterocycles. The molecule has 0 aliphatic carbocycles. The molecule has 3 nitrogen and oxygen atoms in total. The second-order valence-electron chi connectivity index (χ2n) is 3.80. The maximum atomic E-state index is 11.9. The first-order chi connectivity index (χ1) is 8.54. The van der Waals surface area contributed by atoms with Gasteiger partial charge in [-0.3, -0.25) is 4.79 Å². The smallest absolute Gasteiger partial charge is 0.229 e. The van der Waals surface area contributed by atoms with Gasteiger partial charge in [0.2, 0.25) is 5.91 Å². The lowest BCUT2D eigenvalue weighted by atomic mass is 10.2. The van der Waals surface area contributed by atoms with Crippen molar-refractivity contribution < 1.29 is 4.79 Å². The molecular formula is C12H11BrN2OS2. The van der Waals surface area contributed by atoms with Gasteiger partial charge in [-0.25, -0.2) is 0 Å². The van der Waals surface area contributed by atoms with E-state index in [1.54, 1.807) is 0 Å². The van der Waals surface area contributed by atoms with Crippen LogP contribution in [0.5, 0.6) is 0 Å². The summed E-state index contributed by atoms with van der Waals surface area (Å²) in [4.78, 5) is 15.9. The maximum Gasteiger partial charge on any atom is 0.229 e. The SMILES string of the molecule is Cc1[nH]c(=S)sc1CC(=O)Nc1cccc(Br)c1. The summed E-state index contributed by atoms with van der Waals surface area (Å²) in [6.07, 6.45) is 0.343. The van der Waals surface area contributed by atoms with Crippen molar-refractivity contribution in [3.8, 4) is 0 Å². The molecule has 94 valence electrons. The number of anilines is 1. The van der Waals surface area contributed by atoms with Crippen LogP contribution in [0.15, 0.2) is 28.7 Å². The Balaban J connectivity index is 2.05. The zero-order valence-corrected chi connectivity index (χ0v) is 12.8. The Morgan fingerprint density at radius 3 is 2.94 bits per heavy atom. The third-order valence-electron chi connectivity index (χ3n) is 2.35. The zero-order valence-electron chi connectivity index (χ0n) is 9.62. The van der Waals surface area contributed by atoms with Crippen LogP contribution in [0.2, 0.25) is 0 Å². The Labute approximate surface area is 122 Å². The minimum Gasteiger partial charge on any atom is -0.341 e. The second kappa shape index (κ2) is 5.77. The Morgan fingerprint density at radius 1 is 1.56 bits per heavy atom. The van der Waals surface area contributed by atoms with Crippen LogP contribution in [0.1, 0.15) is 10.6 Å². The molecule has 0 spiro atoms. The number of rotatable bonds is 3. The Hall–Kier alpha value is -0.980. The van der Waals surface area contributed by atoms with Crippen LogP contribution < -0.4 is 5.32 Å². The molecule has 0 saturated heterocycles. The van der Waals surface area contributed by atoms with E-state index in [0.717, 1.165) is 20.7 Å². The molecule has 0 fully saturated rings. The number of thiazole rings is 1. The minimum atomic E-state index is -0.0403. The topological polar surface area (TPSA) is 44.9 Å². The molecule has 0 radical (unpaired) electrons. The van der Waals surface area contributed by atoms with Crippen molar-refractivity contribution in [1.82, 2.24) is 4.98 Å². The highest BCUT2D eigenvalue weighted by atomic mass is 79.9. The number of hydrogen-bond acceptors (Lipinski definition) is 3. The molecular weight excluding hydrogens is 332 g/mol. The van der Waals surface area contributed by atoms with E-state index in [4.69, 9.17) is 12.2 Å². The second-order valence-corrected chi connectivity index (χ2v) is 6.49. The number of aryl methyl sites for hydroxylation is 1. The van der Waals surface area contributed by atoms with Crippen molar-refractivity contribution in [1.29, 1.82) is 0 Å². The monoisotopic (exact) mass is 342 g/mol. The average Bonchev–Trinajstić information content (AvgIpc) is 2.57. The van der Waals surface area contributed by atoms with Gasteiger partial charge in [-0.15, -0.1) is 11.3 Å². The lowest BCUT2D eigenvalue weighted by Crippen LogP contribution is -2.14. The Bertz CT molecular complexity index is 633. The van der Waals surface area contributed by atoms with Gasteiger partial charge < -0.3 is 10.3 Å². The average molecular weight is 343 g/mol. The van der Waals surface area contributed by atoms with E-state index in [2.05, 4.69) is 26.2 Å². The van der Waals surface area contributed by atoms with E-state index in [1.165, 1.54) is 11.3 Å². The number of halogens is 1. The lowest BCUT2D eigenvalue weighted by Gasteiger charge is -2.04. The maximum absolute atomic E-state index is 11.9. The van der Waals surface area contributed by atoms with Gasteiger partial charge in [-0.2, -0.15) is 0 Å². The van der Waals surface area contributed by atoms with Crippen molar-refractivity contribution in [2.24, 2.45) is 0 Å². The first-order valence-corrected chi connectivity index (χ1v) is 7.30. The van der Waals surface area contributed by atoms with Crippen LogP contribution in [0.3, 0.4) is 0 Å². The number of aromatic amines is 1. The first-order valence-electron chi connectivity index (χ1n) is 5.28. The minimum absolute atomic E-state index is 0.0403. The number of amides is 1. The fourth-order valence-corrected chi connectivity index (χ4v) is 3.21. The summed E-state index contributed by atoms with van der Waals surface area (Å²) >= 11 is 9.86. The summed E-state index contributed by atoms with van der Waals surface area (Å²) in [5.41, 5.74) is 1.75. The molecule has 1 heterocycles. The zero-order chi connectivity index (χ0) is 13.1. The van der Waals surface area contributed by atoms with Gasteiger partial charge in [0.15, 0.2) is 3.95 Å². The van der Waals surface area contributed by atoms with Gasteiger partial charge in [-0.05, 0) is 37.3 Å². The molecule has 0 saturated carbocycles. The standard InChI is InChI=1S/C12H11BrN2OS2/c1-7-10(18-12(17)14-7)6-11(16)15-9-4-2-3-8(13)5-9/h2-5H,6H2,1H3,(H,14,17)(H,15,16). The van der Waals surface area contributed by atoms with Crippen molar-refractivity contribution in [3.05, 3.63) is 43.3 Å². The van der Waals surface area contributed by atoms with Crippen LogP contribution in [-0.2, 0) is 11.2 Å². The molecule has 6 heteroatoms. The van der Waals surface area contributed by atoms with Crippen LogP contribution in [-0.4, -0.2) is 10.9 Å². The van der Waals surface area contributed by atoms with Crippen molar-refractivity contribution in [2.45, 2.75) is 13.3 Å². The van der Waals surface area contributed by atoms with Crippen molar-refractivity contribution in [2.75, 3.05) is 5.32 Å². The van der Waals surface area contributed by atoms with Crippen LogP contribution in [0.4, 0.5) is 5.69 Å². The number of aromatic nitrogens is 1. The number of carbonyl (C=O) groups excluding carboxylic acids is 1. The number of hydrogen-bond donors (Lipinski definition) is 2. The van der Waals surface area contributed by atoms with E-state index < -0.39 is 0 Å². The van der Waals surface area contributed by atoms with Gasteiger partial charge >= 0.3 is 0 Å². The van der Waals surface area contributed by atoms with Gasteiger partial charge in [0.05, 0.1) is 6.42 Å². The molecule has 2 rings (SSSR count). The number of H-pyrrole nitrogens is 1.